The maximum Gasteiger partial charge on any atom is 0.253 e. The second-order valence-electron chi connectivity index (χ2n) is 14.8. The van der Waals surface area contributed by atoms with E-state index >= 15 is 9.59 Å². The molecule has 1 spiro atoms. The smallest absolute Gasteiger partial charge is 0.253 e. The molecule has 9 heteroatoms. The fraction of sp³-hybridized carbons (Fsp3) is 0.452. The van der Waals surface area contributed by atoms with E-state index in [2.05, 4.69) is 13.2 Å². The molecular formula is C42H51N3O6. The van der Waals surface area contributed by atoms with E-state index in [9.17, 15) is 9.90 Å². The van der Waals surface area contributed by atoms with Crippen LogP contribution in [0.5, 0.6) is 5.75 Å². The Morgan fingerprint density at radius 3 is 2.24 bits per heavy atom. The number of amides is 3. The molecule has 1 N–H and O–H groups in total. The highest BCUT2D eigenvalue weighted by Gasteiger charge is 2.80. The zero-order valence-electron chi connectivity index (χ0n) is 30.5. The molecule has 0 aliphatic carbocycles. The third-order valence-corrected chi connectivity index (χ3v) is 11.3. The molecule has 3 aliphatic heterocycles. The first-order valence-electron chi connectivity index (χ1n) is 18.1. The number of aliphatic hydroxyl groups is 1. The Morgan fingerprint density at radius 1 is 1.00 bits per heavy atom. The number of carbonyl (C=O) groups excluding carboxylic acids is 3. The zero-order chi connectivity index (χ0) is 36.7. The Morgan fingerprint density at radius 2 is 1.63 bits per heavy atom. The molecule has 7 atom stereocenters. The van der Waals surface area contributed by atoms with E-state index in [-0.39, 0.29) is 49.3 Å². The van der Waals surface area contributed by atoms with Gasteiger partial charge in [-0.15, -0.1) is 13.2 Å². The van der Waals surface area contributed by atoms with Crippen LogP contribution >= 0.6 is 0 Å². The van der Waals surface area contributed by atoms with Gasteiger partial charge >= 0.3 is 0 Å². The lowest BCUT2D eigenvalue weighted by Crippen LogP contribution is -2.59. The van der Waals surface area contributed by atoms with Gasteiger partial charge in [-0.3, -0.25) is 14.4 Å². The van der Waals surface area contributed by atoms with Gasteiger partial charge in [0.05, 0.1) is 36.7 Å². The van der Waals surface area contributed by atoms with Crippen molar-refractivity contribution in [1.29, 1.82) is 0 Å². The monoisotopic (exact) mass is 693 g/mol. The third kappa shape index (κ3) is 6.04. The maximum absolute atomic E-state index is 15.3. The number of nitrogens with zero attached hydrogens (tertiary/aromatic N) is 3. The summed E-state index contributed by atoms with van der Waals surface area (Å²) >= 11 is 0. The van der Waals surface area contributed by atoms with Gasteiger partial charge in [-0.2, -0.15) is 0 Å². The minimum absolute atomic E-state index is 0.127. The standard InChI is InChI=1S/C42H51N3O6/c1-8-21-43(31-17-19-34(20-18-31)50-10-3)38(47)35-36-39(48)45(33(26-46)23-27(4)5)37(42(36)25-28(6)41(35,7)51-42)40(49)44(22-9-2)32-16-15-29-13-11-12-14-30(29)24-32/h8-9,11-20,24,27-28,33,35-37,46H,1-2,10,21-23,25-26H2,3-7H3/t28?,33-,35-,36+,37?,41+,42?/m1/s1. The summed E-state index contributed by atoms with van der Waals surface area (Å²) in [5.41, 5.74) is -0.997. The van der Waals surface area contributed by atoms with Crippen LogP contribution in [-0.2, 0) is 19.1 Å². The van der Waals surface area contributed by atoms with Crippen molar-refractivity contribution in [2.45, 2.75) is 70.7 Å². The maximum atomic E-state index is 15.3. The Hall–Kier alpha value is -4.47. The molecule has 0 saturated carbocycles. The average molecular weight is 694 g/mol. The normalized spacial score (nSPS) is 27.0. The number of benzene rings is 3. The predicted octanol–water partition coefficient (Wildman–Crippen LogP) is 6.39. The molecule has 3 amide bonds. The first kappa shape index (κ1) is 36.3. The molecule has 0 radical (unpaired) electrons. The Balaban J connectivity index is 1.47. The van der Waals surface area contributed by atoms with Gasteiger partial charge in [-0.25, -0.2) is 0 Å². The van der Waals surface area contributed by atoms with E-state index in [1.54, 1.807) is 26.9 Å². The number of rotatable bonds is 14. The summed E-state index contributed by atoms with van der Waals surface area (Å²) in [5, 5.41) is 12.8. The van der Waals surface area contributed by atoms with Crippen LogP contribution in [0.15, 0.2) is 92.0 Å². The molecule has 3 unspecified atom stereocenters. The van der Waals surface area contributed by atoms with E-state index in [1.807, 2.05) is 101 Å². The minimum Gasteiger partial charge on any atom is -0.494 e. The Kier molecular flexibility index (Phi) is 10.2. The first-order chi connectivity index (χ1) is 24.4. The molecule has 2 bridgehead atoms. The predicted molar refractivity (Wildman–Crippen MR) is 201 cm³/mol. The number of aliphatic hydroxyl groups excluding tert-OH is 1. The second-order valence-corrected chi connectivity index (χ2v) is 14.8. The van der Waals surface area contributed by atoms with Crippen LogP contribution in [-0.4, -0.2) is 77.3 Å². The highest BCUT2D eigenvalue weighted by Crippen LogP contribution is 2.66. The van der Waals surface area contributed by atoms with Crippen LogP contribution in [0, 0.1) is 23.7 Å². The van der Waals surface area contributed by atoms with E-state index in [0.717, 1.165) is 10.8 Å². The average Bonchev–Trinajstić information content (AvgIpc) is 3.64. The van der Waals surface area contributed by atoms with Crippen molar-refractivity contribution in [3.63, 3.8) is 0 Å². The molecule has 51 heavy (non-hydrogen) atoms. The van der Waals surface area contributed by atoms with Crippen LogP contribution in [0.3, 0.4) is 0 Å². The summed E-state index contributed by atoms with van der Waals surface area (Å²) in [6.07, 6.45) is 4.24. The fourth-order valence-corrected chi connectivity index (χ4v) is 9.00. The fourth-order valence-electron chi connectivity index (χ4n) is 9.00. The van der Waals surface area contributed by atoms with E-state index < -0.39 is 35.1 Å². The Bertz CT molecular complexity index is 1810. The number of ether oxygens (including phenoxy) is 2. The lowest BCUT2D eigenvalue weighted by molar-refractivity contribution is -0.149. The van der Waals surface area contributed by atoms with Crippen molar-refractivity contribution in [3.05, 3.63) is 92.0 Å². The van der Waals surface area contributed by atoms with Crippen LogP contribution < -0.4 is 14.5 Å². The van der Waals surface area contributed by atoms with Crippen LogP contribution in [0.2, 0.25) is 0 Å². The van der Waals surface area contributed by atoms with Crippen LogP contribution in [0.4, 0.5) is 11.4 Å². The van der Waals surface area contributed by atoms with E-state index in [0.29, 0.717) is 36.6 Å². The zero-order valence-corrected chi connectivity index (χ0v) is 30.5. The second kappa shape index (κ2) is 14.3. The summed E-state index contributed by atoms with van der Waals surface area (Å²) < 4.78 is 12.7. The summed E-state index contributed by atoms with van der Waals surface area (Å²) in [5.74, 6) is -2.06. The summed E-state index contributed by atoms with van der Waals surface area (Å²) in [6.45, 7) is 18.4. The highest BCUT2D eigenvalue weighted by atomic mass is 16.5. The lowest BCUT2D eigenvalue weighted by Gasteiger charge is -2.40. The summed E-state index contributed by atoms with van der Waals surface area (Å²) in [4.78, 5) is 50.3. The molecule has 9 nitrogen and oxygen atoms in total. The number of hydrogen-bond acceptors (Lipinski definition) is 6. The van der Waals surface area contributed by atoms with Gasteiger partial charge < -0.3 is 29.3 Å². The molecule has 270 valence electrons. The number of fused-ring (bicyclic) bond motifs is 2. The molecule has 6 rings (SSSR count). The molecule has 3 saturated heterocycles. The van der Waals surface area contributed by atoms with Crippen LogP contribution in [0.1, 0.15) is 47.5 Å². The summed E-state index contributed by atoms with van der Waals surface area (Å²) in [6, 6.07) is 19.4. The van der Waals surface area contributed by atoms with E-state index in [1.165, 1.54) is 0 Å². The van der Waals surface area contributed by atoms with Crippen molar-refractivity contribution in [2.24, 2.45) is 23.7 Å². The van der Waals surface area contributed by atoms with Gasteiger partial charge in [0.15, 0.2) is 0 Å². The van der Waals surface area contributed by atoms with Crippen molar-refractivity contribution in [2.75, 3.05) is 36.1 Å². The molecule has 3 fully saturated rings. The molecule has 3 aromatic rings. The van der Waals surface area contributed by atoms with Gasteiger partial charge in [-0.1, -0.05) is 63.3 Å². The lowest BCUT2D eigenvalue weighted by atomic mass is 9.62. The Labute approximate surface area is 301 Å². The molecule has 3 aromatic carbocycles. The highest BCUT2D eigenvalue weighted by molar-refractivity contribution is 6.07. The van der Waals surface area contributed by atoms with Crippen molar-refractivity contribution in [3.8, 4) is 5.75 Å². The van der Waals surface area contributed by atoms with Gasteiger partial charge in [0.25, 0.3) is 5.91 Å². The van der Waals surface area contributed by atoms with Gasteiger partial charge in [0.2, 0.25) is 11.8 Å². The largest absolute Gasteiger partial charge is 0.494 e. The molecule has 3 heterocycles. The van der Waals surface area contributed by atoms with Crippen molar-refractivity contribution in [1.82, 2.24) is 4.90 Å². The molecule has 0 aromatic heterocycles. The first-order valence-corrected chi connectivity index (χ1v) is 18.1. The number of likely N-dealkylation sites (tertiary alicyclic amines) is 1. The van der Waals surface area contributed by atoms with Crippen LogP contribution in [0.25, 0.3) is 10.8 Å². The number of carbonyl (C=O) groups is 3. The minimum atomic E-state index is -1.29. The number of anilines is 2. The molecular weight excluding hydrogens is 642 g/mol. The van der Waals surface area contributed by atoms with Gasteiger partial charge in [0.1, 0.15) is 17.4 Å². The van der Waals surface area contributed by atoms with E-state index in [4.69, 9.17) is 9.47 Å². The summed E-state index contributed by atoms with van der Waals surface area (Å²) in [7, 11) is 0. The van der Waals surface area contributed by atoms with Crippen molar-refractivity contribution < 1.29 is 29.0 Å². The molecule has 3 aliphatic rings. The topological polar surface area (TPSA) is 99.6 Å². The van der Waals surface area contributed by atoms with Gasteiger partial charge in [-0.05, 0) is 85.7 Å². The quantitative estimate of drug-likeness (QED) is 0.197. The number of hydrogen-bond donors (Lipinski definition) is 1. The van der Waals surface area contributed by atoms with Crippen molar-refractivity contribution >= 4 is 39.9 Å². The SMILES string of the molecule is C=CCN(C(=O)C1N([C@@H](CO)CC(C)C)C(=O)[C@@H]2[C@H](C(=O)N(CC=C)c3ccc(OCC)cc3)[C@@]3(C)OC12CC3C)c1ccc2ccccc2c1. The van der Waals surface area contributed by atoms with Gasteiger partial charge in [0, 0.05) is 24.5 Å². The third-order valence-electron chi connectivity index (χ3n) is 11.3.